The average Bonchev–Trinajstić information content (AvgIpc) is 2.21. The number of hydrogen-bond acceptors (Lipinski definition) is 1. The molecular weight excluding hydrogens is 264 g/mol. The lowest BCUT2D eigenvalue weighted by molar-refractivity contribution is 0.500. The van der Waals surface area contributed by atoms with Crippen LogP contribution in [0.3, 0.4) is 0 Å². The van der Waals surface area contributed by atoms with Crippen LogP contribution >= 0.6 is 15.9 Å². The summed E-state index contributed by atoms with van der Waals surface area (Å²) in [5.74, 6) is -1.15. The SMILES string of the molecule is CCCCC(N)c1c(F)ccc(Br)c1F. The second kappa shape index (κ2) is 5.56. The van der Waals surface area contributed by atoms with Crippen LogP contribution < -0.4 is 5.73 Å². The van der Waals surface area contributed by atoms with Crippen molar-refractivity contribution in [2.75, 3.05) is 0 Å². The maximum absolute atomic E-state index is 13.6. The Morgan fingerprint density at radius 3 is 2.67 bits per heavy atom. The number of halogens is 3. The summed E-state index contributed by atoms with van der Waals surface area (Å²) in [7, 11) is 0. The number of nitrogens with two attached hydrogens (primary N) is 1. The highest BCUT2D eigenvalue weighted by atomic mass is 79.9. The van der Waals surface area contributed by atoms with Gasteiger partial charge in [-0.05, 0) is 34.5 Å². The van der Waals surface area contributed by atoms with Gasteiger partial charge >= 0.3 is 0 Å². The van der Waals surface area contributed by atoms with Gasteiger partial charge in [0.25, 0.3) is 0 Å². The Balaban J connectivity index is 2.96. The molecule has 0 saturated heterocycles. The lowest BCUT2D eigenvalue weighted by Crippen LogP contribution is -2.14. The zero-order valence-corrected chi connectivity index (χ0v) is 10.2. The maximum atomic E-state index is 13.6. The van der Waals surface area contributed by atoms with Crippen LogP contribution in [0.4, 0.5) is 8.78 Å². The van der Waals surface area contributed by atoms with Crippen molar-refractivity contribution in [1.82, 2.24) is 0 Å². The molecule has 1 nitrogen and oxygen atoms in total. The van der Waals surface area contributed by atoms with Gasteiger partial charge in [0.15, 0.2) is 0 Å². The van der Waals surface area contributed by atoms with Crippen molar-refractivity contribution in [2.45, 2.75) is 32.2 Å². The molecule has 0 aliphatic rings. The molecular formula is C11H14BrF2N. The summed E-state index contributed by atoms with van der Waals surface area (Å²) in [6, 6.07) is 2.01. The molecule has 0 spiro atoms. The molecule has 0 saturated carbocycles. The molecule has 84 valence electrons. The van der Waals surface area contributed by atoms with E-state index in [2.05, 4.69) is 15.9 Å². The summed E-state index contributed by atoms with van der Waals surface area (Å²) in [6.45, 7) is 2.01. The van der Waals surface area contributed by atoms with Crippen molar-refractivity contribution in [3.63, 3.8) is 0 Å². The summed E-state index contributed by atoms with van der Waals surface area (Å²) < 4.78 is 27.2. The Bertz CT molecular complexity index is 342. The highest BCUT2D eigenvalue weighted by Crippen LogP contribution is 2.27. The van der Waals surface area contributed by atoms with Gasteiger partial charge in [0.1, 0.15) is 11.6 Å². The molecule has 0 radical (unpaired) electrons. The van der Waals surface area contributed by atoms with Crippen molar-refractivity contribution in [1.29, 1.82) is 0 Å². The van der Waals surface area contributed by atoms with E-state index < -0.39 is 17.7 Å². The summed E-state index contributed by atoms with van der Waals surface area (Å²) in [5.41, 5.74) is 5.73. The largest absolute Gasteiger partial charge is 0.324 e. The molecule has 0 heterocycles. The molecule has 0 amide bonds. The fraction of sp³-hybridized carbons (Fsp3) is 0.455. The maximum Gasteiger partial charge on any atom is 0.145 e. The molecule has 4 heteroatoms. The zero-order valence-electron chi connectivity index (χ0n) is 8.56. The summed E-state index contributed by atoms with van der Waals surface area (Å²) >= 11 is 3.02. The summed E-state index contributed by atoms with van der Waals surface area (Å²) in [4.78, 5) is 0. The van der Waals surface area contributed by atoms with E-state index in [4.69, 9.17) is 5.73 Å². The van der Waals surface area contributed by atoms with Gasteiger partial charge in [-0.3, -0.25) is 0 Å². The topological polar surface area (TPSA) is 26.0 Å². The minimum atomic E-state index is -0.585. The van der Waals surface area contributed by atoms with Crippen LogP contribution in [-0.4, -0.2) is 0 Å². The van der Waals surface area contributed by atoms with Crippen molar-refractivity contribution >= 4 is 15.9 Å². The molecule has 0 aliphatic carbocycles. The summed E-state index contributed by atoms with van der Waals surface area (Å²) in [6.07, 6.45) is 2.43. The molecule has 0 bridgehead atoms. The quantitative estimate of drug-likeness (QED) is 0.830. The first-order valence-corrected chi connectivity index (χ1v) is 5.76. The van der Waals surface area contributed by atoms with E-state index in [1.54, 1.807) is 0 Å². The number of rotatable bonds is 4. The Labute approximate surface area is 96.8 Å². The van der Waals surface area contributed by atoms with Gasteiger partial charge < -0.3 is 5.73 Å². The van der Waals surface area contributed by atoms with Crippen molar-refractivity contribution < 1.29 is 8.78 Å². The van der Waals surface area contributed by atoms with Gasteiger partial charge in [-0.15, -0.1) is 0 Å². The van der Waals surface area contributed by atoms with E-state index in [0.717, 1.165) is 12.8 Å². The molecule has 15 heavy (non-hydrogen) atoms. The average molecular weight is 278 g/mol. The van der Waals surface area contributed by atoms with E-state index in [1.165, 1.54) is 12.1 Å². The Morgan fingerprint density at radius 1 is 1.40 bits per heavy atom. The van der Waals surface area contributed by atoms with E-state index >= 15 is 0 Å². The van der Waals surface area contributed by atoms with E-state index in [-0.39, 0.29) is 10.0 Å². The van der Waals surface area contributed by atoms with Crippen LogP contribution in [0.15, 0.2) is 16.6 Å². The molecule has 1 unspecified atom stereocenters. The number of hydrogen-bond donors (Lipinski definition) is 1. The van der Waals surface area contributed by atoms with Gasteiger partial charge in [-0.1, -0.05) is 19.8 Å². The van der Waals surface area contributed by atoms with Gasteiger partial charge in [0.05, 0.1) is 4.47 Å². The van der Waals surface area contributed by atoms with E-state index in [9.17, 15) is 8.78 Å². The number of benzene rings is 1. The second-order valence-electron chi connectivity index (χ2n) is 3.51. The van der Waals surface area contributed by atoms with Gasteiger partial charge in [0.2, 0.25) is 0 Å². The Kier molecular flexibility index (Phi) is 4.67. The third kappa shape index (κ3) is 2.98. The summed E-state index contributed by atoms with van der Waals surface area (Å²) in [5, 5.41) is 0. The van der Waals surface area contributed by atoms with E-state index in [1.807, 2.05) is 6.92 Å². The van der Waals surface area contributed by atoms with Gasteiger partial charge in [0, 0.05) is 11.6 Å². The van der Waals surface area contributed by atoms with Gasteiger partial charge in [-0.2, -0.15) is 0 Å². The Hall–Kier alpha value is -0.480. The minimum absolute atomic E-state index is 0.0159. The lowest BCUT2D eigenvalue weighted by atomic mass is 10.0. The molecule has 0 fully saturated rings. The van der Waals surface area contributed by atoms with Crippen molar-refractivity contribution in [2.24, 2.45) is 5.73 Å². The highest BCUT2D eigenvalue weighted by Gasteiger charge is 2.18. The first-order chi connectivity index (χ1) is 7.07. The molecule has 0 aliphatic heterocycles. The molecule has 1 aromatic rings. The van der Waals surface area contributed by atoms with Crippen molar-refractivity contribution in [3.05, 3.63) is 33.8 Å². The molecule has 1 atom stereocenters. The standard InChI is InChI=1S/C11H14BrF2N/c1-2-3-4-9(15)10-8(13)6-5-7(12)11(10)14/h5-6,9H,2-4,15H2,1H3. The minimum Gasteiger partial charge on any atom is -0.324 e. The second-order valence-corrected chi connectivity index (χ2v) is 4.36. The first-order valence-electron chi connectivity index (χ1n) is 4.96. The zero-order chi connectivity index (χ0) is 11.4. The lowest BCUT2D eigenvalue weighted by Gasteiger charge is -2.14. The van der Waals surface area contributed by atoms with E-state index in [0.29, 0.717) is 6.42 Å². The van der Waals surface area contributed by atoms with Crippen LogP contribution in [0.1, 0.15) is 37.8 Å². The van der Waals surface area contributed by atoms with Crippen LogP contribution in [0.2, 0.25) is 0 Å². The molecule has 1 aromatic carbocycles. The van der Waals surface area contributed by atoms with Crippen LogP contribution in [0.25, 0.3) is 0 Å². The van der Waals surface area contributed by atoms with Crippen molar-refractivity contribution in [3.8, 4) is 0 Å². The van der Waals surface area contributed by atoms with Crippen LogP contribution in [0, 0.1) is 11.6 Å². The fourth-order valence-electron chi connectivity index (χ4n) is 1.45. The third-order valence-corrected chi connectivity index (χ3v) is 2.93. The first kappa shape index (κ1) is 12.6. The molecule has 1 rings (SSSR count). The van der Waals surface area contributed by atoms with Crippen LogP contribution in [0.5, 0.6) is 0 Å². The van der Waals surface area contributed by atoms with Crippen LogP contribution in [-0.2, 0) is 0 Å². The third-order valence-electron chi connectivity index (χ3n) is 2.32. The highest BCUT2D eigenvalue weighted by molar-refractivity contribution is 9.10. The molecule has 2 N–H and O–H groups in total. The molecule has 0 aromatic heterocycles. The number of unbranched alkanes of at least 4 members (excludes halogenated alkanes) is 1. The Morgan fingerprint density at radius 2 is 2.07 bits per heavy atom. The normalized spacial score (nSPS) is 12.9. The monoisotopic (exact) mass is 277 g/mol. The predicted octanol–water partition coefficient (Wildman–Crippen LogP) is 3.92. The van der Waals surface area contributed by atoms with Gasteiger partial charge in [-0.25, -0.2) is 8.78 Å². The smallest absolute Gasteiger partial charge is 0.145 e. The fourth-order valence-corrected chi connectivity index (χ4v) is 1.80. The predicted molar refractivity (Wildman–Crippen MR) is 60.5 cm³/mol.